The summed E-state index contributed by atoms with van der Waals surface area (Å²) in [7, 11) is 0. The highest BCUT2D eigenvalue weighted by Crippen LogP contribution is 2.36. The van der Waals surface area contributed by atoms with E-state index in [1.54, 1.807) is 48.5 Å². The van der Waals surface area contributed by atoms with Crippen LogP contribution in [0.1, 0.15) is 120 Å². The number of carbonyl (C=O) groups is 3. The van der Waals surface area contributed by atoms with Crippen LogP contribution in [0.25, 0.3) is 0 Å². The highest BCUT2D eigenvalue weighted by Gasteiger charge is 2.35. The molecule has 0 amide bonds. The molecule has 0 saturated heterocycles. The van der Waals surface area contributed by atoms with Crippen LogP contribution in [0.3, 0.4) is 0 Å². The third-order valence-electron chi connectivity index (χ3n) is 7.01. The Morgan fingerprint density at radius 2 is 1.22 bits per heavy atom. The molecule has 6 nitrogen and oxygen atoms in total. The molecule has 0 bridgehead atoms. The Labute approximate surface area is 247 Å². The Morgan fingerprint density at radius 1 is 0.707 bits per heavy atom. The lowest BCUT2D eigenvalue weighted by atomic mass is 9.72. The summed E-state index contributed by atoms with van der Waals surface area (Å²) >= 11 is 0. The van der Waals surface area contributed by atoms with Crippen LogP contribution in [0, 0.1) is 16.7 Å². The average molecular weight is 567 g/mol. The zero-order valence-corrected chi connectivity index (χ0v) is 26.0. The molecule has 0 aliphatic rings. The molecule has 6 heteroatoms. The standard InChI is InChI=1S/C35H50O6/c1-34(2,3)25-31(35(4,5)6)33(38)40-24-14-12-10-8-7-9-11-13-23-39-29-21-17-28(18-22-29)32(37)41-30-19-15-27(26-36)16-20-30/h15-22,26,31H,7-14,23-25H2,1-6H3. The van der Waals surface area contributed by atoms with E-state index in [1.807, 2.05) is 0 Å². The minimum atomic E-state index is -0.457. The number of rotatable bonds is 17. The highest BCUT2D eigenvalue weighted by molar-refractivity contribution is 5.91. The van der Waals surface area contributed by atoms with E-state index in [9.17, 15) is 14.4 Å². The van der Waals surface area contributed by atoms with Gasteiger partial charge in [0.05, 0.1) is 24.7 Å². The van der Waals surface area contributed by atoms with E-state index in [2.05, 4.69) is 41.5 Å². The van der Waals surface area contributed by atoms with E-state index in [-0.39, 0.29) is 22.7 Å². The van der Waals surface area contributed by atoms with Crippen molar-refractivity contribution in [1.82, 2.24) is 0 Å². The molecule has 0 spiro atoms. The smallest absolute Gasteiger partial charge is 0.343 e. The van der Waals surface area contributed by atoms with Crippen molar-refractivity contribution >= 4 is 18.2 Å². The molecule has 2 aromatic carbocycles. The first-order chi connectivity index (χ1) is 19.4. The summed E-state index contributed by atoms with van der Waals surface area (Å²) in [4.78, 5) is 35.7. The number of unbranched alkanes of at least 4 members (excludes halogenated alkanes) is 7. The van der Waals surface area contributed by atoms with E-state index < -0.39 is 5.97 Å². The summed E-state index contributed by atoms with van der Waals surface area (Å²) in [5, 5.41) is 0. The van der Waals surface area contributed by atoms with Gasteiger partial charge < -0.3 is 14.2 Å². The quantitative estimate of drug-likeness (QED) is 0.0823. The number of aldehydes is 1. The third kappa shape index (κ3) is 13.8. The van der Waals surface area contributed by atoms with Crippen molar-refractivity contribution in [3.8, 4) is 11.5 Å². The van der Waals surface area contributed by atoms with Crippen molar-refractivity contribution in [2.45, 2.75) is 99.3 Å². The molecule has 0 aliphatic heterocycles. The maximum atomic E-state index is 12.7. The van der Waals surface area contributed by atoms with Crippen molar-refractivity contribution < 1.29 is 28.6 Å². The van der Waals surface area contributed by atoms with E-state index >= 15 is 0 Å². The second kappa shape index (κ2) is 17.0. The number of esters is 2. The van der Waals surface area contributed by atoms with Crippen molar-refractivity contribution in [2.24, 2.45) is 16.7 Å². The summed E-state index contributed by atoms with van der Waals surface area (Å²) in [6.45, 7) is 14.0. The van der Waals surface area contributed by atoms with E-state index in [4.69, 9.17) is 14.2 Å². The Balaban J connectivity index is 1.50. The maximum Gasteiger partial charge on any atom is 0.343 e. The molecular formula is C35H50O6. The van der Waals surface area contributed by atoms with Gasteiger partial charge in [0.15, 0.2) is 0 Å². The minimum absolute atomic E-state index is 0.0491. The second-order valence-corrected chi connectivity index (χ2v) is 13.1. The predicted molar refractivity (Wildman–Crippen MR) is 164 cm³/mol. The van der Waals surface area contributed by atoms with Gasteiger partial charge in [0, 0.05) is 5.56 Å². The molecule has 2 aromatic rings. The van der Waals surface area contributed by atoms with Crippen molar-refractivity contribution in [3.63, 3.8) is 0 Å². The Morgan fingerprint density at radius 3 is 1.73 bits per heavy atom. The van der Waals surface area contributed by atoms with E-state index in [1.165, 1.54) is 19.3 Å². The van der Waals surface area contributed by atoms with Crippen LogP contribution in [0.2, 0.25) is 0 Å². The van der Waals surface area contributed by atoms with Crippen molar-refractivity contribution in [3.05, 3.63) is 59.7 Å². The zero-order chi connectivity index (χ0) is 30.3. The molecule has 226 valence electrons. The molecule has 0 aromatic heterocycles. The number of hydrogen-bond acceptors (Lipinski definition) is 6. The minimum Gasteiger partial charge on any atom is -0.494 e. The molecule has 1 atom stereocenters. The summed E-state index contributed by atoms with van der Waals surface area (Å²) in [5.74, 6) is 0.538. The lowest BCUT2D eigenvalue weighted by Gasteiger charge is -2.33. The van der Waals surface area contributed by atoms with Gasteiger partial charge in [0.1, 0.15) is 17.8 Å². The van der Waals surface area contributed by atoms with Gasteiger partial charge in [-0.2, -0.15) is 0 Å². The fourth-order valence-electron chi connectivity index (χ4n) is 4.55. The summed E-state index contributed by atoms with van der Waals surface area (Å²) in [5.41, 5.74) is 0.967. The third-order valence-corrected chi connectivity index (χ3v) is 7.01. The van der Waals surface area contributed by atoms with E-state index in [0.29, 0.717) is 30.1 Å². The normalized spacial score (nSPS) is 12.4. The van der Waals surface area contributed by atoms with Gasteiger partial charge in [0.25, 0.3) is 0 Å². The van der Waals surface area contributed by atoms with Gasteiger partial charge in [-0.15, -0.1) is 0 Å². The van der Waals surface area contributed by atoms with Crippen LogP contribution in [0.4, 0.5) is 0 Å². The average Bonchev–Trinajstić information content (AvgIpc) is 2.92. The van der Waals surface area contributed by atoms with Gasteiger partial charge in [-0.1, -0.05) is 80.1 Å². The van der Waals surface area contributed by atoms with Crippen LogP contribution < -0.4 is 9.47 Å². The van der Waals surface area contributed by atoms with E-state index in [0.717, 1.165) is 50.6 Å². The van der Waals surface area contributed by atoms with Gasteiger partial charge >= 0.3 is 11.9 Å². The predicted octanol–water partition coefficient (Wildman–Crippen LogP) is 8.86. The first kappa shape index (κ1) is 34.1. The Hall–Kier alpha value is -3.15. The summed E-state index contributed by atoms with van der Waals surface area (Å²) in [6, 6.07) is 13.3. The molecule has 0 heterocycles. The zero-order valence-electron chi connectivity index (χ0n) is 26.0. The lowest BCUT2D eigenvalue weighted by Crippen LogP contribution is -2.33. The molecule has 41 heavy (non-hydrogen) atoms. The van der Waals surface area contributed by atoms with Crippen molar-refractivity contribution in [1.29, 1.82) is 0 Å². The molecule has 2 rings (SSSR count). The number of benzene rings is 2. The molecule has 1 unspecified atom stereocenters. The van der Waals surface area contributed by atoms with Crippen LogP contribution in [-0.2, 0) is 9.53 Å². The molecule has 0 aliphatic carbocycles. The number of ether oxygens (including phenoxy) is 3. The molecular weight excluding hydrogens is 516 g/mol. The first-order valence-electron chi connectivity index (χ1n) is 15.1. The van der Waals surface area contributed by atoms with Crippen LogP contribution in [-0.4, -0.2) is 31.4 Å². The monoisotopic (exact) mass is 566 g/mol. The van der Waals surface area contributed by atoms with Crippen LogP contribution in [0.5, 0.6) is 11.5 Å². The molecule has 0 radical (unpaired) electrons. The topological polar surface area (TPSA) is 78.9 Å². The maximum absolute atomic E-state index is 12.7. The number of hydrogen-bond donors (Lipinski definition) is 0. The van der Waals surface area contributed by atoms with Crippen LogP contribution in [0.15, 0.2) is 48.5 Å². The Bertz CT molecular complexity index is 1060. The summed E-state index contributed by atoms with van der Waals surface area (Å²) in [6.07, 6.45) is 10.4. The van der Waals surface area contributed by atoms with Crippen LogP contribution >= 0.6 is 0 Å². The second-order valence-electron chi connectivity index (χ2n) is 13.1. The fraction of sp³-hybridized carbons (Fsp3) is 0.571. The van der Waals surface area contributed by atoms with Crippen molar-refractivity contribution in [2.75, 3.05) is 13.2 Å². The van der Waals surface area contributed by atoms with Gasteiger partial charge in [-0.3, -0.25) is 9.59 Å². The van der Waals surface area contributed by atoms with Gasteiger partial charge in [-0.05, 0) is 78.6 Å². The Kier molecular flexibility index (Phi) is 14.1. The fourth-order valence-corrected chi connectivity index (χ4v) is 4.55. The lowest BCUT2D eigenvalue weighted by molar-refractivity contribution is -0.154. The van der Waals surface area contributed by atoms with Gasteiger partial charge in [-0.25, -0.2) is 4.79 Å². The summed E-state index contributed by atoms with van der Waals surface area (Å²) < 4.78 is 16.8. The molecule has 0 saturated carbocycles. The highest BCUT2D eigenvalue weighted by atomic mass is 16.5. The number of carbonyl (C=O) groups excluding carboxylic acids is 3. The molecule has 0 N–H and O–H groups in total. The molecule has 0 fully saturated rings. The largest absolute Gasteiger partial charge is 0.494 e. The first-order valence-corrected chi connectivity index (χ1v) is 15.1. The van der Waals surface area contributed by atoms with Gasteiger partial charge in [0.2, 0.25) is 0 Å². The SMILES string of the molecule is CC(C)(C)CC(C(=O)OCCCCCCCCCCOc1ccc(C(=O)Oc2ccc(C=O)cc2)cc1)C(C)(C)C.